The molecule has 6 heterocycles. The van der Waals surface area contributed by atoms with Crippen LogP contribution in [0.1, 0.15) is 12.8 Å². The first-order chi connectivity index (χ1) is 22.0. The van der Waals surface area contributed by atoms with Crippen LogP contribution in [0.5, 0.6) is 11.5 Å². The number of imidazole rings is 1. The van der Waals surface area contributed by atoms with Gasteiger partial charge in [-0.25, -0.2) is 9.37 Å². The lowest BCUT2D eigenvalue weighted by Gasteiger charge is -2.15. The highest BCUT2D eigenvalue weighted by atomic mass is 19.1. The molecule has 7 rings (SSSR count). The van der Waals surface area contributed by atoms with Crippen molar-refractivity contribution in [3.8, 4) is 45.5 Å². The standard InChI is InChI=1S/C33H34FN9O2/c1-42(2)9-11-44-24-14-21(13-23(34)16-24)30-32-27(5-6-36-30)38-33(39-32)31-26-17-28(37-20-29(26)40-41-31)22-15-25(19-35-18-22)45-12-10-43-7-3-4-8-43/h5-6,13-20H,3-4,7-12H2,1-2H3,(H,38,39)(H,40,41). The van der Waals surface area contributed by atoms with Crippen LogP contribution in [0.25, 0.3) is 56.0 Å². The number of aromatic amines is 2. The number of halogens is 1. The van der Waals surface area contributed by atoms with Gasteiger partial charge in [0, 0.05) is 48.1 Å². The van der Waals surface area contributed by atoms with Gasteiger partial charge in [-0.2, -0.15) is 5.10 Å². The predicted molar refractivity (Wildman–Crippen MR) is 171 cm³/mol. The number of hydrogen-bond donors (Lipinski definition) is 2. The number of fused-ring (bicyclic) bond motifs is 2. The molecule has 6 aromatic rings. The molecule has 1 saturated heterocycles. The topological polar surface area (TPSA) is 121 Å². The van der Waals surface area contributed by atoms with Crippen molar-refractivity contribution >= 4 is 21.9 Å². The fraction of sp³-hybridized carbons (Fsp3) is 0.303. The van der Waals surface area contributed by atoms with Crippen molar-refractivity contribution in [1.82, 2.24) is 44.9 Å². The van der Waals surface area contributed by atoms with Crippen molar-refractivity contribution in [3.05, 3.63) is 67.0 Å². The van der Waals surface area contributed by atoms with Gasteiger partial charge in [-0.3, -0.25) is 25.0 Å². The second-order valence-corrected chi connectivity index (χ2v) is 11.5. The summed E-state index contributed by atoms with van der Waals surface area (Å²) in [7, 11) is 3.92. The number of pyridine rings is 3. The zero-order chi connectivity index (χ0) is 30.8. The summed E-state index contributed by atoms with van der Waals surface area (Å²) in [6.45, 7) is 4.96. The number of H-pyrrole nitrogens is 2. The maximum absolute atomic E-state index is 14.6. The average Bonchev–Trinajstić information content (AvgIpc) is 3.80. The van der Waals surface area contributed by atoms with Gasteiger partial charge >= 0.3 is 0 Å². The fourth-order valence-electron chi connectivity index (χ4n) is 5.58. The van der Waals surface area contributed by atoms with E-state index in [9.17, 15) is 4.39 Å². The Bertz CT molecular complexity index is 1950. The molecular weight excluding hydrogens is 573 g/mol. The van der Waals surface area contributed by atoms with E-state index >= 15 is 0 Å². The van der Waals surface area contributed by atoms with Gasteiger partial charge in [0.15, 0.2) is 5.82 Å². The Morgan fingerprint density at radius 1 is 0.889 bits per heavy atom. The van der Waals surface area contributed by atoms with Crippen LogP contribution in [-0.2, 0) is 0 Å². The SMILES string of the molecule is CN(C)CCOc1cc(F)cc(-c2nccc3[nH]c(-c4n[nH]c5cnc(-c6cncc(OCCN7CCCC7)c6)cc45)nc23)c1. The molecule has 1 fully saturated rings. The van der Waals surface area contributed by atoms with Crippen LogP contribution >= 0.6 is 0 Å². The Hall–Kier alpha value is -4.94. The van der Waals surface area contributed by atoms with Gasteiger partial charge in [0.25, 0.3) is 0 Å². The van der Waals surface area contributed by atoms with Gasteiger partial charge < -0.3 is 19.4 Å². The van der Waals surface area contributed by atoms with Gasteiger partial charge in [0.2, 0.25) is 0 Å². The summed E-state index contributed by atoms with van der Waals surface area (Å²) in [5.74, 6) is 1.30. The first-order valence-electron chi connectivity index (χ1n) is 15.1. The van der Waals surface area contributed by atoms with Crippen molar-refractivity contribution in [2.75, 3.05) is 53.5 Å². The normalized spacial score (nSPS) is 13.8. The molecule has 0 bridgehead atoms. The Morgan fingerprint density at radius 2 is 1.73 bits per heavy atom. The molecule has 0 saturated carbocycles. The van der Waals surface area contributed by atoms with Gasteiger partial charge in [-0.1, -0.05) is 0 Å². The number of rotatable bonds is 11. The molecule has 0 spiro atoms. The second-order valence-electron chi connectivity index (χ2n) is 11.5. The summed E-state index contributed by atoms with van der Waals surface area (Å²) in [5, 5.41) is 8.47. The predicted octanol–water partition coefficient (Wildman–Crippen LogP) is 5.18. The molecule has 0 aliphatic carbocycles. The number of benzene rings is 1. The minimum absolute atomic E-state index is 0.407. The molecule has 5 aromatic heterocycles. The number of nitrogens with zero attached hydrogens (tertiary/aromatic N) is 7. The van der Waals surface area contributed by atoms with Crippen molar-refractivity contribution in [2.45, 2.75) is 12.8 Å². The number of nitrogens with one attached hydrogen (secondary N) is 2. The molecular formula is C33H34FN9O2. The maximum Gasteiger partial charge on any atom is 0.159 e. The first kappa shape index (κ1) is 28.8. The van der Waals surface area contributed by atoms with E-state index in [-0.39, 0.29) is 0 Å². The molecule has 0 unspecified atom stereocenters. The summed E-state index contributed by atoms with van der Waals surface area (Å²) in [5.41, 5.74) is 5.45. The van der Waals surface area contributed by atoms with E-state index in [4.69, 9.17) is 14.5 Å². The second kappa shape index (κ2) is 12.6. The van der Waals surface area contributed by atoms with Crippen LogP contribution < -0.4 is 9.47 Å². The summed E-state index contributed by atoms with van der Waals surface area (Å²) in [6, 6.07) is 10.4. The van der Waals surface area contributed by atoms with Gasteiger partial charge in [-0.05, 0) is 70.4 Å². The third-order valence-corrected chi connectivity index (χ3v) is 7.91. The van der Waals surface area contributed by atoms with E-state index in [1.165, 1.54) is 25.0 Å². The fourth-order valence-corrected chi connectivity index (χ4v) is 5.58. The summed E-state index contributed by atoms with van der Waals surface area (Å²) < 4.78 is 26.5. The third-order valence-electron chi connectivity index (χ3n) is 7.91. The van der Waals surface area contributed by atoms with Crippen LogP contribution in [0, 0.1) is 5.82 Å². The average molecular weight is 608 g/mol. The Morgan fingerprint density at radius 3 is 2.60 bits per heavy atom. The van der Waals surface area contributed by atoms with Crippen LogP contribution in [0.4, 0.5) is 4.39 Å². The summed E-state index contributed by atoms with van der Waals surface area (Å²) in [4.78, 5) is 26.3. The van der Waals surface area contributed by atoms with Crippen LogP contribution in [-0.4, -0.2) is 98.4 Å². The zero-order valence-electron chi connectivity index (χ0n) is 25.3. The van der Waals surface area contributed by atoms with E-state index in [0.29, 0.717) is 59.5 Å². The van der Waals surface area contributed by atoms with Crippen molar-refractivity contribution in [3.63, 3.8) is 0 Å². The molecule has 1 aliphatic rings. The molecule has 45 heavy (non-hydrogen) atoms. The van der Waals surface area contributed by atoms with Crippen LogP contribution in [0.2, 0.25) is 0 Å². The number of likely N-dealkylation sites (tertiary alicyclic amines) is 1. The maximum atomic E-state index is 14.6. The van der Waals surface area contributed by atoms with Crippen molar-refractivity contribution < 1.29 is 13.9 Å². The van der Waals surface area contributed by atoms with Gasteiger partial charge in [-0.15, -0.1) is 0 Å². The molecule has 0 radical (unpaired) electrons. The highest BCUT2D eigenvalue weighted by Crippen LogP contribution is 2.33. The molecule has 12 heteroatoms. The van der Waals surface area contributed by atoms with Crippen molar-refractivity contribution in [1.29, 1.82) is 0 Å². The van der Waals surface area contributed by atoms with E-state index < -0.39 is 5.82 Å². The first-order valence-corrected chi connectivity index (χ1v) is 15.1. The van der Waals surface area contributed by atoms with Crippen molar-refractivity contribution in [2.24, 2.45) is 0 Å². The molecule has 11 nitrogen and oxygen atoms in total. The molecule has 1 aliphatic heterocycles. The number of hydrogen-bond acceptors (Lipinski definition) is 9. The lowest BCUT2D eigenvalue weighted by molar-refractivity contribution is 0.237. The van der Waals surface area contributed by atoms with E-state index in [0.717, 1.165) is 47.3 Å². The number of aromatic nitrogens is 7. The minimum Gasteiger partial charge on any atom is -0.492 e. The smallest absolute Gasteiger partial charge is 0.159 e. The highest BCUT2D eigenvalue weighted by Gasteiger charge is 2.18. The highest BCUT2D eigenvalue weighted by molar-refractivity contribution is 5.97. The zero-order valence-corrected chi connectivity index (χ0v) is 25.3. The monoisotopic (exact) mass is 607 g/mol. The summed E-state index contributed by atoms with van der Waals surface area (Å²) >= 11 is 0. The lowest BCUT2D eigenvalue weighted by atomic mass is 10.1. The lowest BCUT2D eigenvalue weighted by Crippen LogP contribution is -2.25. The van der Waals surface area contributed by atoms with E-state index in [2.05, 4.69) is 35.0 Å². The third kappa shape index (κ3) is 6.33. The molecule has 0 amide bonds. The van der Waals surface area contributed by atoms with Gasteiger partial charge in [0.05, 0.1) is 34.8 Å². The van der Waals surface area contributed by atoms with Crippen LogP contribution in [0.3, 0.4) is 0 Å². The minimum atomic E-state index is -0.407. The Balaban J connectivity index is 1.17. The molecule has 2 N–H and O–H groups in total. The molecule has 0 atom stereocenters. The quantitative estimate of drug-likeness (QED) is 0.205. The number of ether oxygens (including phenoxy) is 2. The Kier molecular flexibility index (Phi) is 8.05. The van der Waals surface area contributed by atoms with E-state index in [1.54, 1.807) is 30.9 Å². The Labute approximate surface area is 259 Å². The number of likely N-dealkylation sites (N-methyl/N-ethyl adjacent to an activating group) is 1. The summed E-state index contributed by atoms with van der Waals surface area (Å²) in [6.07, 6.45) is 9.45. The molecule has 1 aromatic carbocycles. The molecule has 230 valence electrons. The van der Waals surface area contributed by atoms with Crippen LogP contribution in [0.15, 0.2) is 61.2 Å². The largest absolute Gasteiger partial charge is 0.492 e. The van der Waals surface area contributed by atoms with E-state index in [1.807, 2.05) is 37.2 Å². The van der Waals surface area contributed by atoms with Gasteiger partial charge in [0.1, 0.15) is 41.7 Å².